The maximum Gasteiger partial charge on any atom is 0.296 e. The SMILES string of the molecule is COc1ccc(NC(=O)Cn2cnc3ccccc3c2=O)c([N+](=O)[O-])c1. The van der Waals surface area contributed by atoms with Crippen LogP contribution in [-0.2, 0) is 11.3 Å². The summed E-state index contributed by atoms with van der Waals surface area (Å²) >= 11 is 0. The number of benzene rings is 2. The molecule has 0 spiro atoms. The second-order valence-electron chi connectivity index (χ2n) is 5.38. The summed E-state index contributed by atoms with van der Waals surface area (Å²) in [5.74, 6) is -0.290. The molecule has 0 aliphatic rings. The number of nitrogens with zero attached hydrogens (tertiary/aromatic N) is 3. The number of nitro groups is 1. The van der Waals surface area contributed by atoms with E-state index in [-0.39, 0.29) is 23.5 Å². The van der Waals surface area contributed by atoms with Crippen LogP contribution in [0.25, 0.3) is 10.9 Å². The highest BCUT2D eigenvalue weighted by Crippen LogP contribution is 2.28. The number of methoxy groups -OCH3 is 1. The van der Waals surface area contributed by atoms with E-state index in [9.17, 15) is 19.7 Å². The summed E-state index contributed by atoms with van der Waals surface area (Å²) in [7, 11) is 1.39. The lowest BCUT2D eigenvalue weighted by molar-refractivity contribution is -0.384. The summed E-state index contributed by atoms with van der Waals surface area (Å²) in [4.78, 5) is 39.3. The standard InChI is InChI=1S/C17H14N4O5/c1-26-11-6-7-14(15(8-11)21(24)25)19-16(22)9-20-10-18-13-5-3-2-4-12(13)17(20)23/h2-8,10H,9H2,1H3,(H,19,22). The Morgan fingerprint density at radius 1 is 1.31 bits per heavy atom. The number of amides is 1. The Morgan fingerprint density at radius 2 is 2.08 bits per heavy atom. The molecule has 0 bridgehead atoms. The molecule has 0 aliphatic carbocycles. The normalized spacial score (nSPS) is 10.5. The van der Waals surface area contributed by atoms with E-state index in [1.54, 1.807) is 24.3 Å². The molecule has 0 saturated carbocycles. The van der Waals surface area contributed by atoms with Crippen LogP contribution in [0.15, 0.2) is 53.6 Å². The number of rotatable bonds is 5. The molecule has 0 aliphatic heterocycles. The average molecular weight is 354 g/mol. The summed E-state index contributed by atoms with van der Waals surface area (Å²) in [5.41, 5.74) is -0.126. The van der Waals surface area contributed by atoms with Crippen molar-refractivity contribution in [1.29, 1.82) is 0 Å². The van der Waals surface area contributed by atoms with Crippen LogP contribution in [0.1, 0.15) is 0 Å². The third-order valence-corrected chi connectivity index (χ3v) is 3.72. The van der Waals surface area contributed by atoms with E-state index in [0.717, 1.165) is 4.57 Å². The number of aromatic nitrogens is 2. The first-order valence-electron chi connectivity index (χ1n) is 7.56. The van der Waals surface area contributed by atoms with Gasteiger partial charge in [0.1, 0.15) is 18.0 Å². The van der Waals surface area contributed by atoms with Gasteiger partial charge in [0.25, 0.3) is 11.2 Å². The molecular formula is C17H14N4O5. The lowest BCUT2D eigenvalue weighted by Crippen LogP contribution is -2.28. The number of nitro benzene ring substituents is 1. The van der Waals surface area contributed by atoms with Gasteiger partial charge in [0.2, 0.25) is 5.91 Å². The summed E-state index contributed by atoms with van der Waals surface area (Å²) < 4.78 is 6.09. The van der Waals surface area contributed by atoms with Gasteiger partial charge in [-0.3, -0.25) is 24.3 Å². The van der Waals surface area contributed by atoms with Crippen LogP contribution in [0.3, 0.4) is 0 Å². The number of ether oxygens (including phenoxy) is 1. The van der Waals surface area contributed by atoms with Gasteiger partial charge in [-0.1, -0.05) is 12.1 Å². The zero-order valence-electron chi connectivity index (χ0n) is 13.7. The topological polar surface area (TPSA) is 116 Å². The Hall–Kier alpha value is -3.75. The van der Waals surface area contributed by atoms with Gasteiger partial charge in [-0.25, -0.2) is 4.98 Å². The van der Waals surface area contributed by atoms with Gasteiger partial charge in [-0.15, -0.1) is 0 Å². The monoisotopic (exact) mass is 354 g/mol. The van der Waals surface area contributed by atoms with Gasteiger partial charge in [-0.2, -0.15) is 0 Å². The van der Waals surface area contributed by atoms with Crippen LogP contribution in [-0.4, -0.2) is 27.5 Å². The summed E-state index contributed by atoms with van der Waals surface area (Å²) in [6, 6.07) is 10.8. The quantitative estimate of drug-likeness (QED) is 0.553. The molecule has 132 valence electrons. The molecule has 0 fully saturated rings. The maximum atomic E-state index is 12.4. The molecule has 0 unspecified atom stereocenters. The lowest BCUT2D eigenvalue weighted by atomic mass is 10.2. The Balaban J connectivity index is 1.85. The van der Waals surface area contributed by atoms with Crippen LogP contribution in [0.2, 0.25) is 0 Å². The molecule has 1 aromatic heterocycles. The van der Waals surface area contributed by atoms with Crippen LogP contribution in [0.5, 0.6) is 5.75 Å². The molecule has 9 heteroatoms. The van der Waals surface area contributed by atoms with Crippen molar-refractivity contribution in [2.75, 3.05) is 12.4 Å². The van der Waals surface area contributed by atoms with Crippen molar-refractivity contribution in [3.63, 3.8) is 0 Å². The molecule has 3 aromatic rings. The average Bonchev–Trinajstić information content (AvgIpc) is 2.64. The number of hydrogen-bond donors (Lipinski definition) is 1. The molecule has 3 rings (SSSR count). The Morgan fingerprint density at radius 3 is 2.81 bits per heavy atom. The fourth-order valence-corrected chi connectivity index (χ4v) is 2.46. The van der Waals surface area contributed by atoms with Crippen molar-refractivity contribution < 1.29 is 14.5 Å². The molecule has 1 N–H and O–H groups in total. The van der Waals surface area contributed by atoms with E-state index in [2.05, 4.69) is 10.3 Å². The molecule has 0 saturated heterocycles. The predicted octanol–water partition coefficient (Wildman–Crippen LogP) is 1.95. The number of para-hydroxylation sites is 1. The zero-order chi connectivity index (χ0) is 18.7. The van der Waals surface area contributed by atoms with Crippen LogP contribution in [0, 0.1) is 10.1 Å². The van der Waals surface area contributed by atoms with E-state index in [1.165, 1.54) is 31.6 Å². The molecule has 1 heterocycles. The molecule has 1 amide bonds. The first-order valence-corrected chi connectivity index (χ1v) is 7.56. The highest BCUT2D eigenvalue weighted by atomic mass is 16.6. The van der Waals surface area contributed by atoms with Crippen molar-refractivity contribution in [1.82, 2.24) is 9.55 Å². The fourth-order valence-electron chi connectivity index (χ4n) is 2.46. The van der Waals surface area contributed by atoms with Gasteiger partial charge in [0, 0.05) is 0 Å². The van der Waals surface area contributed by atoms with Gasteiger partial charge in [0.15, 0.2) is 0 Å². The van der Waals surface area contributed by atoms with Crippen LogP contribution >= 0.6 is 0 Å². The fraction of sp³-hybridized carbons (Fsp3) is 0.118. The van der Waals surface area contributed by atoms with Crippen molar-refractivity contribution >= 4 is 28.2 Å². The minimum absolute atomic E-state index is 0.0163. The third kappa shape index (κ3) is 3.36. The Labute approximate surface area is 147 Å². The molecule has 9 nitrogen and oxygen atoms in total. The summed E-state index contributed by atoms with van der Waals surface area (Å²) in [6.07, 6.45) is 1.27. The first-order chi connectivity index (χ1) is 12.5. The number of carbonyl (C=O) groups is 1. The third-order valence-electron chi connectivity index (χ3n) is 3.72. The minimum Gasteiger partial charge on any atom is -0.496 e. The molecular weight excluding hydrogens is 340 g/mol. The van der Waals surface area contributed by atoms with Gasteiger partial charge in [0.05, 0.1) is 35.3 Å². The largest absolute Gasteiger partial charge is 0.496 e. The van der Waals surface area contributed by atoms with Gasteiger partial charge >= 0.3 is 0 Å². The summed E-state index contributed by atoms with van der Waals surface area (Å²) in [5, 5.41) is 14.0. The number of anilines is 1. The second kappa shape index (κ2) is 7.01. The van der Waals surface area contributed by atoms with Crippen molar-refractivity contribution in [2.45, 2.75) is 6.54 Å². The minimum atomic E-state index is -0.623. The number of fused-ring (bicyclic) bond motifs is 1. The predicted molar refractivity (Wildman–Crippen MR) is 94.3 cm³/mol. The van der Waals surface area contributed by atoms with E-state index < -0.39 is 10.8 Å². The molecule has 0 radical (unpaired) electrons. The Bertz CT molecular complexity index is 1060. The summed E-state index contributed by atoms with van der Waals surface area (Å²) in [6.45, 7) is -0.320. The van der Waals surface area contributed by atoms with Crippen LogP contribution < -0.4 is 15.6 Å². The molecule has 26 heavy (non-hydrogen) atoms. The van der Waals surface area contributed by atoms with E-state index >= 15 is 0 Å². The van der Waals surface area contributed by atoms with Gasteiger partial charge in [-0.05, 0) is 24.3 Å². The van der Waals surface area contributed by atoms with Crippen molar-refractivity contribution in [2.24, 2.45) is 0 Å². The zero-order valence-corrected chi connectivity index (χ0v) is 13.7. The number of nitrogens with one attached hydrogen (secondary N) is 1. The van der Waals surface area contributed by atoms with E-state index in [0.29, 0.717) is 16.7 Å². The maximum absolute atomic E-state index is 12.4. The highest BCUT2D eigenvalue weighted by molar-refractivity contribution is 5.93. The van der Waals surface area contributed by atoms with E-state index in [4.69, 9.17) is 4.74 Å². The second-order valence-corrected chi connectivity index (χ2v) is 5.38. The first kappa shape index (κ1) is 17.1. The van der Waals surface area contributed by atoms with Crippen LogP contribution in [0.4, 0.5) is 11.4 Å². The van der Waals surface area contributed by atoms with Gasteiger partial charge < -0.3 is 10.1 Å². The number of carbonyl (C=O) groups excluding carboxylic acids is 1. The smallest absolute Gasteiger partial charge is 0.296 e. The molecule has 2 aromatic carbocycles. The molecule has 0 atom stereocenters. The lowest BCUT2D eigenvalue weighted by Gasteiger charge is -2.09. The highest BCUT2D eigenvalue weighted by Gasteiger charge is 2.18. The van der Waals surface area contributed by atoms with Crippen molar-refractivity contribution in [3.8, 4) is 5.75 Å². The van der Waals surface area contributed by atoms with E-state index in [1.807, 2.05) is 0 Å². The van der Waals surface area contributed by atoms with Crippen molar-refractivity contribution in [3.05, 3.63) is 69.3 Å². The number of hydrogen-bond acceptors (Lipinski definition) is 6. The Kier molecular flexibility index (Phi) is 4.61.